The Kier molecular flexibility index (Phi) is 7.49. The van der Waals surface area contributed by atoms with Crippen molar-refractivity contribution in [1.29, 1.82) is 0 Å². The first-order valence-electron chi connectivity index (χ1n) is 10.9. The normalized spacial score (nSPS) is 28.0. The molecule has 6 nitrogen and oxygen atoms in total. The second-order valence-electron chi connectivity index (χ2n) is 7.90. The molecule has 31 heavy (non-hydrogen) atoms. The summed E-state index contributed by atoms with van der Waals surface area (Å²) in [7, 11) is 0. The largest absolute Gasteiger partial charge is 0.425 e. The molecular weight excluding hydrogens is 394 g/mol. The maximum absolute atomic E-state index is 13.2. The predicted octanol–water partition coefficient (Wildman–Crippen LogP) is 4.53. The van der Waals surface area contributed by atoms with Crippen molar-refractivity contribution in [3.8, 4) is 0 Å². The zero-order valence-corrected chi connectivity index (χ0v) is 19.0. The highest BCUT2D eigenvalue weighted by Crippen LogP contribution is 2.41. The molecule has 0 radical (unpaired) electrons. The summed E-state index contributed by atoms with van der Waals surface area (Å²) < 4.78 is 23.9. The molecule has 0 unspecified atom stereocenters. The van der Waals surface area contributed by atoms with Crippen molar-refractivity contribution in [3.63, 3.8) is 0 Å². The van der Waals surface area contributed by atoms with Gasteiger partial charge in [-0.25, -0.2) is 4.79 Å². The molecule has 0 aromatic heterocycles. The molecule has 5 atom stereocenters. The van der Waals surface area contributed by atoms with Gasteiger partial charge in [-0.2, -0.15) is 0 Å². The van der Waals surface area contributed by atoms with E-state index in [1.165, 1.54) is 0 Å². The Balaban J connectivity index is 1.95. The molecule has 2 aromatic rings. The average molecular weight is 428 g/mol. The van der Waals surface area contributed by atoms with Crippen LogP contribution in [0.25, 0.3) is 0 Å². The van der Waals surface area contributed by atoms with E-state index in [0.717, 1.165) is 11.1 Å². The molecule has 2 aromatic carbocycles. The molecule has 168 valence electrons. The van der Waals surface area contributed by atoms with Crippen molar-refractivity contribution in [2.24, 2.45) is 0 Å². The summed E-state index contributed by atoms with van der Waals surface area (Å²) in [5.74, 6) is -3.10. The van der Waals surface area contributed by atoms with Crippen LogP contribution in [0.15, 0.2) is 60.7 Å². The minimum Gasteiger partial charge on any atom is -0.425 e. The van der Waals surface area contributed by atoms with Crippen LogP contribution in [0.4, 0.5) is 0 Å². The van der Waals surface area contributed by atoms with E-state index in [1.54, 1.807) is 13.8 Å². The number of esters is 1. The van der Waals surface area contributed by atoms with Crippen LogP contribution in [0.5, 0.6) is 0 Å². The minimum atomic E-state index is -1.35. The van der Waals surface area contributed by atoms with E-state index < -0.39 is 29.7 Å². The lowest BCUT2D eigenvalue weighted by Gasteiger charge is -2.50. The van der Waals surface area contributed by atoms with Gasteiger partial charge in [-0.1, -0.05) is 60.7 Å². The first-order valence-corrected chi connectivity index (χ1v) is 10.9. The van der Waals surface area contributed by atoms with Gasteiger partial charge in [-0.05, 0) is 38.8 Å². The maximum atomic E-state index is 13.2. The van der Waals surface area contributed by atoms with Gasteiger partial charge < -0.3 is 24.3 Å². The Morgan fingerprint density at radius 1 is 0.903 bits per heavy atom. The van der Waals surface area contributed by atoms with Crippen LogP contribution in [0.1, 0.15) is 57.8 Å². The van der Waals surface area contributed by atoms with Crippen molar-refractivity contribution >= 4 is 5.97 Å². The lowest BCUT2D eigenvalue weighted by molar-refractivity contribution is -0.416. The molecule has 0 amide bonds. The molecule has 0 bridgehead atoms. The van der Waals surface area contributed by atoms with Gasteiger partial charge in [0.15, 0.2) is 6.10 Å². The van der Waals surface area contributed by atoms with E-state index >= 15 is 0 Å². The summed E-state index contributed by atoms with van der Waals surface area (Å²) in [6, 6.07) is 19.4. The third kappa shape index (κ3) is 4.99. The summed E-state index contributed by atoms with van der Waals surface area (Å²) in [6.07, 6.45) is -0.918. The lowest BCUT2D eigenvalue weighted by atomic mass is 9.96. The third-order valence-corrected chi connectivity index (χ3v) is 5.73. The molecule has 3 rings (SSSR count). The Bertz CT molecular complexity index is 846. The summed E-state index contributed by atoms with van der Waals surface area (Å²) >= 11 is 0. The summed E-state index contributed by atoms with van der Waals surface area (Å²) in [4.78, 5) is 13.2. The molecule has 1 aliphatic heterocycles. The second kappa shape index (κ2) is 9.92. The predicted molar refractivity (Wildman–Crippen MR) is 118 cm³/mol. The molecule has 0 saturated carbocycles. The Morgan fingerprint density at radius 3 is 1.97 bits per heavy atom. The van der Waals surface area contributed by atoms with E-state index in [0.29, 0.717) is 13.2 Å². The van der Waals surface area contributed by atoms with Crippen molar-refractivity contribution in [3.05, 3.63) is 71.8 Å². The van der Waals surface area contributed by atoms with Gasteiger partial charge in [0.05, 0.1) is 6.04 Å². The molecule has 1 heterocycles. The number of carbonyl (C=O) groups is 1. The van der Waals surface area contributed by atoms with Crippen LogP contribution in [0.2, 0.25) is 0 Å². The van der Waals surface area contributed by atoms with Gasteiger partial charge in [0, 0.05) is 26.2 Å². The van der Waals surface area contributed by atoms with Crippen LogP contribution < -0.4 is 5.32 Å². The Morgan fingerprint density at radius 2 is 1.42 bits per heavy atom. The fraction of sp³-hybridized carbons (Fsp3) is 0.480. The van der Waals surface area contributed by atoms with E-state index in [2.05, 4.69) is 24.4 Å². The fourth-order valence-electron chi connectivity index (χ4n) is 3.95. The summed E-state index contributed by atoms with van der Waals surface area (Å²) in [5, 5.41) is 3.57. The van der Waals surface area contributed by atoms with E-state index in [9.17, 15) is 4.79 Å². The molecule has 0 spiro atoms. The Labute approximate surface area is 184 Å². The van der Waals surface area contributed by atoms with Gasteiger partial charge >= 0.3 is 5.97 Å². The topological polar surface area (TPSA) is 66.0 Å². The third-order valence-electron chi connectivity index (χ3n) is 5.73. The minimum absolute atomic E-state index is 0.0265. The smallest absolute Gasteiger partial charge is 0.340 e. The average Bonchev–Trinajstić information content (AvgIpc) is 2.76. The monoisotopic (exact) mass is 427 g/mol. The van der Waals surface area contributed by atoms with Gasteiger partial charge in [0.1, 0.15) is 0 Å². The first kappa shape index (κ1) is 23.4. The van der Waals surface area contributed by atoms with Crippen LogP contribution in [-0.4, -0.2) is 36.9 Å². The highest BCUT2D eigenvalue weighted by atomic mass is 16.8. The quantitative estimate of drug-likeness (QED) is 0.594. The van der Waals surface area contributed by atoms with Gasteiger partial charge in [-0.15, -0.1) is 0 Å². The number of hydrogen-bond donors (Lipinski definition) is 1. The van der Waals surface area contributed by atoms with E-state index in [4.69, 9.17) is 18.9 Å². The standard InChI is InChI=1S/C25H33NO5/c1-6-28-24(4)25(5,29-7-2)31-23(27)22(30-24)21(20-16-12-9-13-17-20)26-18(3)19-14-10-8-11-15-19/h8-18,21-22,26H,6-7H2,1-5H3/t18-,21+,22-,24+,25+/m0/s1. The number of nitrogens with one attached hydrogen (secondary N) is 1. The SMILES string of the molecule is CCO[C@]1(C)OC(=O)[C@H]([C@H](N[C@@H](C)c2ccccc2)c2ccccc2)O[C@@]1(C)OCC. The summed E-state index contributed by atoms with van der Waals surface area (Å²) in [6.45, 7) is 9.95. The van der Waals surface area contributed by atoms with Crippen molar-refractivity contribution in [2.75, 3.05) is 13.2 Å². The molecular formula is C25H33NO5. The van der Waals surface area contributed by atoms with Crippen LogP contribution in [0.3, 0.4) is 0 Å². The zero-order valence-electron chi connectivity index (χ0n) is 19.0. The zero-order chi connectivity index (χ0) is 22.5. The fourth-order valence-corrected chi connectivity index (χ4v) is 3.95. The maximum Gasteiger partial charge on any atom is 0.340 e. The number of cyclic esters (lactones) is 1. The molecule has 6 heteroatoms. The highest BCUT2D eigenvalue weighted by Gasteiger charge is 2.59. The Hall–Kier alpha value is -2.25. The lowest BCUT2D eigenvalue weighted by Crippen LogP contribution is -2.66. The second-order valence-corrected chi connectivity index (χ2v) is 7.90. The number of carbonyl (C=O) groups excluding carboxylic acids is 1. The number of hydrogen-bond acceptors (Lipinski definition) is 6. The van der Waals surface area contributed by atoms with E-state index in [-0.39, 0.29) is 6.04 Å². The van der Waals surface area contributed by atoms with E-state index in [1.807, 2.05) is 62.4 Å². The van der Waals surface area contributed by atoms with Crippen LogP contribution >= 0.6 is 0 Å². The van der Waals surface area contributed by atoms with Crippen LogP contribution in [0, 0.1) is 0 Å². The molecule has 1 saturated heterocycles. The number of benzene rings is 2. The highest BCUT2D eigenvalue weighted by molar-refractivity contribution is 5.77. The molecule has 0 aliphatic carbocycles. The van der Waals surface area contributed by atoms with Crippen LogP contribution in [-0.2, 0) is 23.7 Å². The van der Waals surface area contributed by atoms with Gasteiger partial charge in [0.25, 0.3) is 5.79 Å². The molecule has 1 fully saturated rings. The van der Waals surface area contributed by atoms with Crippen molar-refractivity contribution in [1.82, 2.24) is 5.32 Å². The number of rotatable bonds is 9. The van der Waals surface area contributed by atoms with Crippen molar-refractivity contribution in [2.45, 2.75) is 64.4 Å². The van der Waals surface area contributed by atoms with Crippen molar-refractivity contribution < 1.29 is 23.7 Å². The van der Waals surface area contributed by atoms with Gasteiger partial charge in [-0.3, -0.25) is 0 Å². The molecule has 1 aliphatic rings. The first-order chi connectivity index (χ1) is 14.8. The van der Waals surface area contributed by atoms with Gasteiger partial charge in [0.2, 0.25) is 5.79 Å². The number of ether oxygens (including phenoxy) is 4. The molecule has 1 N–H and O–H groups in total. The summed E-state index contributed by atoms with van der Waals surface area (Å²) in [5.41, 5.74) is 2.03.